The Morgan fingerprint density at radius 1 is 1.04 bits per heavy atom. The van der Waals surface area contributed by atoms with Crippen molar-refractivity contribution in [2.75, 3.05) is 5.32 Å². The molecule has 6 nitrogen and oxygen atoms in total. The number of aliphatic carboxylic acids is 1. The van der Waals surface area contributed by atoms with Crippen molar-refractivity contribution in [3.8, 4) is 0 Å². The third-order valence-corrected chi connectivity index (χ3v) is 2.91. The molecule has 0 unspecified atom stereocenters. The van der Waals surface area contributed by atoms with Gasteiger partial charge in [0.15, 0.2) is 0 Å². The highest BCUT2D eigenvalue weighted by Gasteiger charge is 2.16. The summed E-state index contributed by atoms with van der Waals surface area (Å²) in [6.07, 6.45) is 0.275. The fraction of sp³-hybridized carbons (Fsp3) is 0.471. The summed E-state index contributed by atoms with van der Waals surface area (Å²) < 4.78 is 5.15. The molecule has 6 heteroatoms. The first-order chi connectivity index (χ1) is 10.7. The van der Waals surface area contributed by atoms with Crippen LogP contribution in [-0.2, 0) is 20.7 Å². The Balaban J connectivity index is 2.43. The summed E-state index contributed by atoms with van der Waals surface area (Å²) in [6, 6.07) is 7.11. The summed E-state index contributed by atoms with van der Waals surface area (Å²) in [4.78, 5) is 33.6. The molecule has 0 aliphatic carbocycles. The lowest BCUT2D eigenvalue weighted by Crippen LogP contribution is -2.27. The van der Waals surface area contributed by atoms with Crippen LogP contribution in [0.5, 0.6) is 0 Å². The Hall–Kier alpha value is -2.37. The largest absolute Gasteiger partial charge is 0.481 e. The van der Waals surface area contributed by atoms with Crippen molar-refractivity contribution in [3.05, 3.63) is 29.8 Å². The molecule has 0 saturated carbocycles. The molecule has 2 N–H and O–H groups in total. The number of Topliss-reactive ketones (excluding diaryl/α,β-unsaturated/α-hetero) is 1. The number of hydrogen-bond donors (Lipinski definition) is 2. The minimum absolute atomic E-state index is 0.0631. The highest BCUT2D eigenvalue weighted by Crippen LogP contribution is 2.14. The van der Waals surface area contributed by atoms with E-state index in [1.807, 2.05) is 12.1 Å². The maximum Gasteiger partial charge on any atom is 0.412 e. The lowest BCUT2D eigenvalue weighted by molar-refractivity contribution is -0.138. The third-order valence-electron chi connectivity index (χ3n) is 2.91. The minimum atomic E-state index is -0.962. The SMILES string of the molecule is CC(C)(C)OC(=O)Nc1ccc(CCC(=O)CCC(=O)O)cc1. The number of carboxylic acids is 1. The van der Waals surface area contributed by atoms with Gasteiger partial charge in [-0.2, -0.15) is 0 Å². The van der Waals surface area contributed by atoms with E-state index < -0.39 is 17.7 Å². The molecule has 0 atom stereocenters. The maximum atomic E-state index is 11.6. The van der Waals surface area contributed by atoms with E-state index in [0.717, 1.165) is 5.56 Å². The molecule has 0 heterocycles. The van der Waals surface area contributed by atoms with Crippen LogP contribution in [-0.4, -0.2) is 28.6 Å². The number of rotatable bonds is 7. The molecule has 1 amide bonds. The summed E-state index contributed by atoms with van der Waals surface area (Å²) in [5, 5.41) is 11.2. The molecule has 1 aromatic carbocycles. The summed E-state index contributed by atoms with van der Waals surface area (Å²) >= 11 is 0. The van der Waals surface area contributed by atoms with Crippen molar-refractivity contribution >= 4 is 23.5 Å². The topological polar surface area (TPSA) is 92.7 Å². The lowest BCUT2D eigenvalue weighted by atomic mass is 10.0. The number of hydrogen-bond acceptors (Lipinski definition) is 4. The van der Waals surface area contributed by atoms with Gasteiger partial charge >= 0.3 is 12.1 Å². The molecule has 126 valence electrons. The quantitative estimate of drug-likeness (QED) is 0.803. The van der Waals surface area contributed by atoms with Crippen LogP contribution in [0.25, 0.3) is 0 Å². The molecule has 0 radical (unpaired) electrons. The van der Waals surface area contributed by atoms with Crippen molar-refractivity contribution in [3.63, 3.8) is 0 Å². The van der Waals surface area contributed by atoms with Crippen molar-refractivity contribution in [1.82, 2.24) is 0 Å². The molecule has 1 rings (SSSR count). The number of carbonyl (C=O) groups excluding carboxylic acids is 2. The fourth-order valence-electron chi connectivity index (χ4n) is 1.83. The van der Waals surface area contributed by atoms with Gasteiger partial charge in [-0.05, 0) is 44.9 Å². The van der Waals surface area contributed by atoms with Gasteiger partial charge in [0.05, 0.1) is 6.42 Å². The van der Waals surface area contributed by atoms with Crippen LogP contribution in [0.2, 0.25) is 0 Å². The van der Waals surface area contributed by atoms with E-state index in [-0.39, 0.29) is 18.6 Å². The van der Waals surface area contributed by atoms with E-state index in [9.17, 15) is 14.4 Å². The van der Waals surface area contributed by atoms with Gasteiger partial charge in [0.1, 0.15) is 11.4 Å². The Morgan fingerprint density at radius 2 is 1.65 bits per heavy atom. The van der Waals surface area contributed by atoms with Gasteiger partial charge in [0.25, 0.3) is 0 Å². The lowest BCUT2D eigenvalue weighted by Gasteiger charge is -2.19. The van der Waals surface area contributed by atoms with Gasteiger partial charge in [-0.3, -0.25) is 14.9 Å². The van der Waals surface area contributed by atoms with E-state index >= 15 is 0 Å². The van der Waals surface area contributed by atoms with E-state index in [4.69, 9.17) is 9.84 Å². The standard InChI is InChI=1S/C17H23NO5/c1-17(2,3)23-16(22)18-13-7-4-12(5-8-13)6-9-14(19)10-11-15(20)21/h4-5,7-8H,6,9-11H2,1-3H3,(H,18,22)(H,20,21). The number of ether oxygens (including phenoxy) is 1. The number of anilines is 1. The molecule has 0 saturated heterocycles. The second-order valence-electron chi connectivity index (χ2n) is 6.26. The number of aryl methyl sites for hydroxylation is 1. The maximum absolute atomic E-state index is 11.6. The number of amides is 1. The first-order valence-corrected chi connectivity index (χ1v) is 7.48. The van der Waals surface area contributed by atoms with Gasteiger partial charge in [-0.25, -0.2) is 4.79 Å². The summed E-state index contributed by atoms with van der Waals surface area (Å²) in [5.74, 6) is -1.03. The predicted octanol–water partition coefficient (Wildman–Crippen LogP) is 3.40. The fourth-order valence-corrected chi connectivity index (χ4v) is 1.83. The van der Waals surface area contributed by atoms with Crippen LogP contribution in [0.15, 0.2) is 24.3 Å². The number of nitrogens with one attached hydrogen (secondary N) is 1. The van der Waals surface area contributed by atoms with Gasteiger partial charge in [0, 0.05) is 18.5 Å². The van der Waals surface area contributed by atoms with Crippen LogP contribution in [0.4, 0.5) is 10.5 Å². The molecule has 23 heavy (non-hydrogen) atoms. The summed E-state index contributed by atoms with van der Waals surface area (Å²) in [6.45, 7) is 5.37. The normalized spacial score (nSPS) is 10.9. The predicted molar refractivity (Wildman–Crippen MR) is 86.5 cm³/mol. The van der Waals surface area contributed by atoms with E-state index in [0.29, 0.717) is 18.5 Å². The first-order valence-electron chi connectivity index (χ1n) is 7.48. The zero-order valence-electron chi connectivity index (χ0n) is 13.7. The zero-order chi connectivity index (χ0) is 17.5. The Labute approximate surface area is 135 Å². The van der Waals surface area contributed by atoms with Crippen molar-refractivity contribution in [2.24, 2.45) is 0 Å². The van der Waals surface area contributed by atoms with Gasteiger partial charge < -0.3 is 9.84 Å². The van der Waals surface area contributed by atoms with Crippen LogP contribution in [0, 0.1) is 0 Å². The Bertz CT molecular complexity index is 557. The molecular formula is C17H23NO5. The number of benzene rings is 1. The molecule has 0 aromatic heterocycles. The van der Waals surface area contributed by atoms with Crippen molar-refractivity contribution < 1.29 is 24.2 Å². The minimum Gasteiger partial charge on any atom is -0.481 e. The van der Waals surface area contributed by atoms with E-state index in [2.05, 4.69) is 5.32 Å². The van der Waals surface area contributed by atoms with E-state index in [1.54, 1.807) is 32.9 Å². The number of carboxylic acid groups (broad SMARTS) is 1. The van der Waals surface area contributed by atoms with Crippen LogP contribution in [0.1, 0.15) is 45.6 Å². The molecule has 0 aliphatic heterocycles. The highest BCUT2D eigenvalue weighted by molar-refractivity contribution is 5.85. The Kier molecular flexibility index (Phi) is 6.75. The highest BCUT2D eigenvalue weighted by atomic mass is 16.6. The Morgan fingerprint density at radius 3 is 2.17 bits per heavy atom. The van der Waals surface area contributed by atoms with Gasteiger partial charge in [0.2, 0.25) is 0 Å². The van der Waals surface area contributed by atoms with Crippen molar-refractivity contribution in [1.29, 1.82) is 0 Å². The molecule has 0 spiro atoms. The second-order valence-corrected chi connectivity index (χ2v) is 6.26. The zero-order valence-corrected chi connectivity index (χ0v) is 13.7. The third kappa shape index (κ3) is 8.60. The van der Waals surface area contributed by atoms with Crippen molar-refractivity contribution in [2.45, 2.75) is 52.1 Å². The molecule has 0 aliphatic rings. The molecule has 0 fully saturated rings. The van der Waals surface area contributed by atoms with E-state index in [1.165, 1.54) is 0 Å². The van der Waals surface area contributed by atoms with Crippen LogP contribution in [0.3, 0.4) is 0 Å². The first kappa shape index (κ1) is 18.7. The average Bonchev–Trinajstić information content (AvgIpc) is 2.42. The molecular weight excluding hydrogens is 298 g/mol. The smallest absolute Gasteiger partial charge is 0.412 e. The van der Waals surface area contributed by atoms with Gasteiger partial charge in [-0.15, -0.1) is 0 Å². The monoisotopic (exact) mass is 321 g/mol. The molecule has 1 aromatic rings. The second kappa shape index (κ2) is 8.31. The van der Waals surface area contributed by atoms with Gasteiger partial charge in [-0.1, -0.05) is 12.1 Å². The number of carbonyl (C=O) groups is 3. The summed E-state index contributed by atoms with van der Waals surface area (Å²) in [7, 11) is 0. The number of ketones is 1. The summed E-state index contributed by atoms with van der Waals surface area (Å²) in [5.41, 5.74) is 1.00. The van der Waals surface area contributed by atoms with Crippen LogP contribution < -0.4 is 5.32 Å². The van der Waals surface area contributed by atoms with Crippen LogP contribution >= 0.6 is 0 Å². The molecule has 0 bridgehead atoms. The average molecular weight is 321 g/mol.